The molecule has 0 aromatic heterocycles. The lowest BCUT2D eigenvalue weighted by molar-refractivity contribution is 0.0943. The molecule has 0 aliphatic carbocycles. The molecule has 0 spiro atoms. The van der Waals surface area contributed by atoms with Crippen LogP contribution in [0.2, 0.25) is 0 Å². The van der Waals surface area contributed by atoms with E-state index in [4.69, 9.17) is 5.26 Å². The van der Waals surface area contributed by atoms with Gasteiger partial charge in [-0.05, 0) is 18.6 Å². The summed E-state index contributed by atoms with van der Waals surface area (Å²) in [6, 6.07) is 9.21. The van der Waals surface area contributed by atoms with Crippen LogP contribution < -0.4 is 0 Å². The van der Waals surface area contributed by atoms with Gasteiger partial charge in [0.05, 0.1) is 6.07 Å². The molecule has 0 aliphatic heterocycles. The molecule has 0 fully saturated rings. The second kappa shape index (κ2) is 5.67. The van der Waals surface area contributed by atoms with Gasteiger partial charge in [0, 0.05) is 10.0 Å². The number of benzene rings is 1. The SMILES string of the molecule is CCCC(C#N)C(=O)c1cccc(Br)c1. The number of nitriles is 1. The molecule has 15 heavy (non-hydrogen) atoms. The highest BCUT2D eigenvalue weighted by molar-refractivity contribution is 9.10. The molecule has 1 aromatic carbocycles. The van der Waals surface area contributed by atoms with Gasteiger partial charge in [0.25, 0.3) is 0 Å². The quantitative estimate of drug-likeness (QED) is 0.781. The van der Waals surface area contributed by atoms with Crippen LogP contribution in [0.3, 0.4) is 0 Å². The molecule has 0 N–H and O–H groups in total. The topological polar surface area (TPSA) is 40.9 Å². The van der Waals surface area contributed by atoms with Gasteiger partial charge in [-0.15, -0.1) is 0 Å². The number of rotatable bonds is 4. The number of halogens is 1. The number of hydrogen-bond donors (Lipinski definition) is 0. The van der Waals surface area contributed by atoms with Crippen LogP contribution in [0, 0.1) is 17.2 Å². The average Bonchev–Trinajstić information content (AvgIpc) is 2.25. The Morgan fingerprint density at radius 3 is 2.87 bits per heavy atom. The number of nitrogens with zero attached hydrogens (tertiary/aromatic N) is 1. The molecule has 1 rings (SSSR count). The van der Waals surface area contributed by atoms with Crippen LogP contribution in [0.15, 0.2) is 28.7 Å². The predicted molar refractivity (Wildman–Crippen MR) is 62.5 cm³/mol. The second-order valence-electron chi connectivity index (χ2n) is 3.34. The molecule has 78 valence electrons. The summed E-state index contributed by atoms with van der Waals surface area (Å²) in [4.78, 5) is 11.9. The average molecular weight is 266 g/mol. The summed E-state index contributed by atoms with van der Waals surface area (Å²) in [5.41, 5.74) is 0.601. The van der Waals surface area contributed by atoms with Crippen LogP contribution in [0.4, 0.5) is 0 Å². The first-order valence-electron chi connectivity index (χ1n) is 4.88. The predicted octanol–water partition coefficient (Wildman–Crippen LogP) is 3.57. The maximum atomic E-state index is 11.9. The molecular weight excluding hydrogens is 254 g/mol. The normalized spacial score (nSPS) is 11.8. The summed E-state index contributed by atoms with van der Waals surface area (Å²) in [6.07, 6.45) is 1.47. The maximum absolute atomic E-state index is 11.9. The lowest BCUT2D eigenvalue weighted by Crippen LogP contribution is -2.12. The van der Waals surface area contributed by atoms with Gasteiger partial charge < -0.3 is 0 Å². The summed E-state index contributed by atoms with van der Waals surface area (Å²) < 4.78 is 0.863. The molecule has 1 atom stereocenters. The number of Topliss-reactive ketones (excluding diaryl/α,β-unsaturated/α-hetero) is 1. The van der Waals surface area contributed by atoms with E-state index in [1.165, 1.54) is 0 Å². The lowest BCUT2D eigenvalue weighted by atomic mass is 9.95. The molecule has 1 aromatic rings. The monoisotopic (exact) mass is 265 g/mol. The van der Waals surface area contributed by atoms with Crippen LogP contribution in [-0.2, 0) is 0 Å². The Morgan fingerprint density at radius 2 is 2.33 bits per heavy atom. The van der Waals surface area contributed by atoms with Gasteiger partial charge in [0.2, 0.25) is 0 Å². The Hall–Kier alpha value is -1.14. The van der Waals surface area contributed by atoms with E-state index in [2.05, 4.69) is 22.0 Å². The summed E-state index contributed by atoms with van der Waals surface area (Å²) in [6.45, 7) is 1.97. The first-order valence-corrected chi connectivity index (χ1v) is 5.67. The zero-order chi connectivity index (χ0) is 11.3. The van der Waals surface area contributed by atoms with Crippen molar-refractivity contribution < 1.29 is 4.79 Å². The Morgan fingerprint density at radius 1 is 1.60 bits per heavy atom. The van der Waals surface area contributed by atoms with Gasteiger partial charge in [0.15, 0.2) is 5.78 Å². The Labute approximate surface area is 98.0 Å². The van der Waals surface area contributed by atoms with E-state index in [-0.39, 0.29) is 5.78 Å². The van der Waals surface area contributed by atoms with Crippen molar-refractivity contribution in [1.82, 2.24) is 0 Å². The van der Waals surface area contributed by atoms with Crippen molar-refractivity contribution in [3.63, 3.8) is 0 Å². The molecular formula is C12H12BrNO. The van der Waals surface area contributed by atoms with E-state index in [1.54, 1.807) is 18.2 Å². The van der Waals surface area contributed by atoms with Crippen molar-refractivity contribution in [2.24, 2.45) is 5.92 Å². The molecule has 0 aliphatic rings. The largest absolute Gasteiger partial charge is 0.293 e. The van der Waals surface area contributed by atoms with E-state index in [0.29, 0.717) is 12.0 Å². The van der Waals surface area contributed by atoms with Crippen molar-refractivity contribution in [2.75, 3.05) is 0 Å². The Bertz CT molecular complexity index is 395. The number of carbonyl (C=O) groups excluding carboxylic acids is 1. The molecule has 0 saturated heterocycles. The van der Waals surface area contributed by atoms with Crippen LogP contribution in [0.25, 0.3) is 0 Å². The van der Waals surface area contributed by atoms with Crippen molar-refractivity contribution in [2.45, 2.75) is 19.8 Å². The van der Waals surface area contributed by atoms with Crippen LogP contribution in [0.5, 0.6) is 0 Å². The van der Waals surface area contributed by atoms with E-state index < -0.39 is 5.92 Å². The Balaban J connectivity index is 2.89. The van der Waals surface area contributed by atoms with Crippen molar-refractivity contribution in [3.05, 3.63) is 34.3 Å². The molecule has 0 bridgehead atoms. The van der Waals surface area contributed by atoms with E-state index in [0.717, 1.165) is 10.9 Å². The van der Waals surface area contributed by atoms with Gasteiger partial charge >= 0.3 is 0 Å². The first kappa shape index (κ1) is 11.9. The number of carbonyl (C=O) groups is 1. The fourth-order valence-electron chi connectivity index (χ4n) is 1.39. The van der Waals surface area contributed by atoms with Gasteiger partial charge in [-0.3, -0.25) is 4.79 Å². The molecule has 3 heteroatoms. The van der Waals surface area contributed by atoms with Crippen LogP contribution >= 0.6 is 15.9 Å². The first-order chi connectivity index (χ1) is 7.19. The van der Waals surface area contributed by atoms with Crippen molar-refractivity contribution in [3.8, 4) is 6.07 Å². The molecule has 0 amide bonds. The highest BCUT2D eigenvalue weighted by atomic mass is 79.9. The van der Waals surface area contributed by atoms with E-state index >= 15 is 0 Å². The zero-order valence-electron chi connectivity index (χ0n) is 8.53. The van der Waals surface area contributed by atoms with Gasteiger partial charge in [-0.2, -0.15) is 5.26 Å². The zero-order valence-corrected chi connectivity index (χ0v) is 10.1. The van der Waals surface area contributed by atoms with Crippen LogP contribution in [-0.4, -0.2) is 5.78 Å². The molecule has 0 radical (unpaired) electrons. The molecule has 2 nitrogen and oxygen atoms in total. The lowest BCUT2D eigenvalue weighted by Gasteiger charge is -2.06. The van der Waals surface area contributed by atoms with E-state index in [1.807, 2.05) is 13.0 Å². The minimum atomic E-state index is -0.510. The van der Waals surface area contributed by atoms with Gasteiger partial charge in [-0.1, -0.05) is 41.4 Å². The standard InChI is InChI=1S/C12H12BrNO/c1-2-4-10(8-14)12(15)9-5-3-6-11(13)7-9/h3,5-7,10H,2,4H2,1H3. The third-order valence-corrected chi connectivity index (χ3v) is 2.65. The Kier molecular flexibility index (Phi) is 4.51. The number of ketones is 1. The van der Waals surface area contributed by atoms with Crippen molar-refractivity contribution in [1.29, 1.82) is 5.26 Å². The van der Waals surface area contributed by atoms with E-state index in [9.17, 15) is 4.79 Å². The smallest absolute Gasteiger partial charge is 0.180 e. The fraction of sp³-hybridized carbons (Fsp3) is 0.333. The van der Waals surface area contributed by atoms with Crippen LogP contribution in [0.1, 0.15) is 30.1 Å². The van der Waals surface area contributed by atoms with Crippen molar-refractivity contribution >= 4 is 21.7 Å². The minimum absolute atomic E-state index is 0.0827. The third kappa shape index (κ3) is 3.17. The fourth-order valence-corrected chi connectivity index (χ4v) is 1.79. The second-order valence-corrected chi connectivity index (χ2v) is 4.26. The summed E-state index contributed by atoms with van der Waals surface area (Å²) in [5, 5.41) is 8.88. The van der Waals surface area contributed by atoms with Gasteiger partial charge in [-0.25, -0.2) is 0 Å². The van der Waals surface area contributed by atoms with Gasteiger partial charge in [0.1, 0.15) is 5.92 Å². The minimum Gasteiger partial charge on any atom is -0.293 e. The highest BCUT2D eigenvalue weighted by Gasteiger charge is 2.18. The summed E-state index contributed by atoms with van der Waals surface area (Å²) >= 11 is 3.31. The maximum Gasteiger partial charge on any atom is 0.180 e. The highest BCUT2D eigenvalue weighted by Crippen LogP contribution is 2.17. The molecule has 0 heterocycles. The summed E-state index contributed by atoms with van der Waals surface area (Å²) in [7, 11) is 0. The summed E-state index contributed by atoms with van der Waals surface area (Å²) in [5.74, 6) is -0.593. The molecule has 0 saturated carbocycles. The third-order valence-electron chi connectivity index (χ3n) is 2.16. The number of hydrogen-bond acceptors (Lipinski definition) is 2. The molecule has 1 unspecified atom stereocenters.